The predicted molar refractivity (Wildman–Crippen MR) is 366 cm³/mol. The molecule has 0 aliphatic carbocycles. The van der Waals surface area contributed by atoms with Gasteiger partial charge in [-0.2, -0.15) is 23.5 Å². The first-order chi connectivity index (χ1) is 47.0. The van der Waals surface area contributed by atoms with Crippen molar-refractivity contribution < 1.29 is 66.9 Å². The monoisotopic (exact) mass is 1390 g/mol. The fraction of sp³-hybridized carbons (Fsp3) is 0.397. The van der Waals surface area contributed by atoms with Crippen LogP contribution < -0.4 is 48.3 Å². The average molecular weight is 1390 g/mol. The maximum atomic E-state index is 15.0. The topological polar surface area (TPSA) is 397 Å². The van der Waals surface area contributed by atoms with Crippen LogP contribution in [0.15, 0.2) is 110 Å². The Labute approximate surface area is 572 Å². The number of carboxylic acids is 1. The molecule has 7 aromatic rings. The number of H-pyrrole nitrogens is 3. The Morgan fingerprint density at radius 1 is 0.622 bits per heavy atom. The number of likely N-dealkylation sites (N-methyl/N-ethyl adjacent to an activating group) is 1. The third kappa shape index (κ3) is 21.6. The molecule has 30 heteroatoms. The van der Waals surface area contributed by atoms with Gasteiger partial charge in [0.2, 0.25) is 53.2 Å². The summed E-state index contributed by atoms with van der Waals surface area (Å²) in [5, 5.41) is 42.3. The first-order valence-electron chi connectivity index (χ1n) is 32.1. The number of halogens is 2. The summed E-state index contributed by atoms with van der Waals surface area (Å²) in [7, 11) is 1.43. The number of fused-ring (bicyclic) bond motifs is 4. The minimum atomic E-state index is -2.02. The summed E-state index contributed by atoms with van der Waals surface area (Å²) >= 11 is 3.09. The van der Waals surface area contributed by atoms with Crippen molar-refractivity contribution in [2.45, 2.75) is 125 Å². The number of phenolic OH excluding ortho intramolecular Hbond substituents is 1. The quantitative estimate of drug-likeness (QED) is 0.0654. The molecule has 4 aromatic carbocycles. The molecular formula is C68H82F2N14O12S2. The molecule has 0 saturated carbocycles. The van der Waals surface area contributed by atoms with Gasteiger partial charge in [0, 0.05) is 115 Å². The Morgan fingerprint density at radius 2 is 1.18 bits per heavy atom. The number of benzene rings is 4. The van der Waals surface area contributed by atoms with Crippen LogP contribution in [-0.2, 0) is 85.1 Å². The highest BCUT2D eigenvalue weighted by molar-refractivity contribution is 7.98. The zero-order chi connectivity index (χ0) is 70.4. The second kappa shape index (κ2) is 36.0. The summed E-state index contributed by atoms with van der Waals surface area (Å²) in [4.78, 5) is 157. The lowest BCUT2D eigenvalue weighted by atomic mass is 9.98. The smallest absolute Gasteiger partial charge is 0.305 e. The largest absolute Gasteiger partial charge is 0.508 e. The summed E-state index contributed by atoms with van der Waals surface area (Å²) in [5.74, 6) is -8.98. The SMILES string of the molecule is CC(C)C1C(=O)NCCSCc2cccc(c2)CSCCC(=O)N[C@@H](CCCCN)C(=O)NCC(=O)N[C@@H](Cc2c[nH]c3ccc(F)cc23)C(=O)N[C@@H](Cc2c[nH]c3ccc(F)cc23)C(=O)N[C@@H](CC(=O)O)C(=O)N[C@@H](Cc2cnc[nH]2)C(=O)N[C@@H](Cc2ccc(O)cc2)C(=O)N1C. The number of rotatable bonds is 15. The number of nitrogens with two attached hydrogens (primary N) is 1. The average Bonchev–Trinajstić information content (AvgIpc) is 1.62. The molecule has 2 bridgehead atoms. The maximum Gasteiger partial charge on any atom is 0.305 e. The molecule has 7 atom stereocenters. The van der Waals surface area contributed by atoms with E-state index in [2.05, 4.69) is 68.5 Å². The fourth-order valence-corrected chi connectivity index (χ4v) is 13.1. The van der Waals surface area contributed by atoms with Gasteiger partial charge in [0.25, 0.3) is 0 Å². The molecule has 26 nitrogen and oxygen atoms in total. The van der Waals surface area contributed by atoms with E-state index < -0.39 is 138 Å². The molecule has 0 spiro atoms. The van der Waals surface area contributed by atoms with Crippen molar-refractivity contribution >= 4 is 104 Å². The van der Waals surface area contributed by atoms with Gasteiger partial charge in [-0.25, -0.2) is 13.8 Å². The summed E-state index contributed by atoms with van der Waals surface area (Å²) in [6, 6.07) is 10.8. The molecular weight excluding hydrogens is 1310 g/mol. The van der Waals surface area contributed by atoms with Crippen molar-refractivity contribution in [3.63, 3.8) is 0 Å². The zero-order valence-electron chi connectivity index (χ0n) is 54.3. The van der Waals surface area contributed by atoms with Crippen molar-refractivity contribution in [1.29, 1.82) is 0 Å². The number of aliphatic carboxylic acids is 1. The second-order valence-electron chi connectivity index (χ2n) is 24.3. The third-order valence-electron chi connectivity index (χ3n) is 16.4. The zero-order valence-corrected chi connectivity index (χ0v) is 56.0. The molecule has 15 N–H and O–H groups in total. The number of amides is 9. The summed E-state index contributed by atoms with van der Waals surface area (Å²) in [6.07, 6.45) is 4.32. The van der Waals surface area contributed by atoms with E-state index in [1.165, 1.54) is 109 Å². The predicted octanol–water partition coefficient (Wildman–Crippen LogP) is 3.42. The number of imidazole rings is 1. The van der Waals surface area contributed by atoms with Gasteiger partial charge in [-0.05, 0) is 108 Å². The highest BCUT2D eigenvalue weighted by Gasteiger charge is 2.38. The van der Waals surface area contributed by atoms with Crippen LogP contribution in [0, 0.1) is 17.6 Å². The van der Waals surface area contributed by atoms with Crippen LogP contribution in [0.5, 0.6) is 5.75 Å². The first-order valence-corrected chi connectivity index (χ1v) is 34.4. The van der Waals surface area contributed by atoms with Gasteiger partial charge in [-0.1, -0.05) is 50.2 Å². The van der Waals surface area contributed by atoms with Gasteiger partial charge >= 0.3 is 5.97 Å². The lowest BCUT2D eigenvalue weighted by molar-refractivity contribution is -0.143. The molecule has 1 aliphatic heterocycles. The van der Waals surface area contributed by atoms with Crippen LogP contribution in [0.25, 0.3) is 21.8 Å². The number of hydrogen-bond donors (Lipinski definition) is 14. The number of nitrogens with zero attached hydrogens (tertiary/aromatic N) is 2. The Bertz CT molecular complexity index is 3950. The van der Waals surface area contributed by atoms with Crippen LogP contribution in [0.4, 0.5) is 8.78 Å². The van der Waals surface area contributed by atoms with Crippen LogP contribution in [0.1, 0.15) is 79.5 Å². The van der Waals surface area contributed by atoms with Gasteiger partial charge in [0.1, 0.15) is 59.7 Å². The number of phenols is 1. The van der Waals surface area contributed by atoms with E-state index in [1.54, 1.807) is 25.6 Å². The van der Waals surface area contributed by atoms with Gasteiger partial charge in [0.05, 0.1) is 19.3 Å². The number of nitrogens with one attached hydrogen (secondary N) is 11. The lowest BCUT2D eigenvalue weighted by Crippen LogP contribution is -2.61. The number of hydrogen-bond acceptors (Lipinski definition) is 15. The molecule has 0 radical (unpaired) electrons. The molecule has 1 unspecified atom stereocenters. The van der Waals surface area contributed by atoms with Crippen molar-refractivity contribution in [2.75, 3.05) is 38.2 Å². The summed E-state index contributed by atoms with van der Waals surface area (Å²) in [6.45, 7) is 3.34. The van der Waals surface area contributed by atoms with Crippen LogP contribution in [0.3, 0.4) is 0 Å². The fourth-order valence-electron chi connectivity index (χ4n) is 11.4. The van der Waals surface area contributed by atoms with E-state index >= 15 is 9.59 Å². The molecule has 4 heterocycles. The van der Waals surface area contributed by atoms with Crippen LogP contribution >= 0.6 is 23.5 Å². The Balaban J connectivity index is 1.13. The van der Waals surface area contributed by atoms with Crippen LogP contribution in [0.2, 0.25) is 0 Å². The number of thioether (sulfide) groups is 2. The summed E-state index contributed by atoms with van der Waals surface area (Å²) < 4.78 is 29.8. The lowest BCUT2D eigenvalue weighted by Gasteiger charge is -2.33. The van der Waals surface area contributed by atoms with E-state index in [0.29, 0.717) is 69.9 Å². The molecule has 0 saturated heterocycles. The maximum absolute atomic E-state index is 15.0. The molecule has 98 heavy (non-hydrogen) atoms. The van der Waals surface area contributed by atoms with E-state index in [1.807, 2.05) is 18.2 Å². The molecule has 0 fully saturated rings. The Kier molecular flexibility index (Phi) is 27.2. The first kappa shape index (κ1) is 74.0. The summed E-state index contributed by atoms with van der Waals surface area (Å²) in [5.41, 5.74) is 10.0. The van der Waals surface area contributed by atoms with Crippen LogP contribution in [-0.4, -0.2) is 175 Å². The standard InChI is InChI=1S/C68H82F2N14O12S2/c1-38(2)61-67(95)73-20-22-98-36-41-8-6-7-40(23-41)35-97-21-18-58(86)78-52(9-4-5-19-71)62(90)76-34-59(87)79-53(25-42-31-74-50-16-12-44(69)27-48(42)50)63(91)80-54(26-43-32-75-51-17-13-45(70)28-49(43)51)64(92)82-56(30-60(88)89)66(94)81-55(29-46-33-72-37-77-46)65(93)83-57(68(96)84(61)3)24-39-10-14-47(85)15-11-39/h6-8,10-17,23,27-28,31-33,37-38,52-57,61,74-75,85H,4-5,9,18-22,24-26,29-30,34-36,71H2,1-3H3,(H,72,77)(H,73,95)(H,76,90)(H,78,86)(H,79,87)(H,80,91)(H,81,94)(H,82,92)(H,83,93)(H,88,89)/t52-,53-,54-,55-,56-,57-,61?/m0/s1. The normalized spacial score (nSPS) is 21.1. The van der Waals surface area contributed by atoms with Crippen molar-refractivity contribution in [3.05, 3.63) is 155 Å². The number of carbonyl (C=O) groups is 10. The van der Waals surface area contributed by atoms with Gasteiger partial charge in [-0.3, -0.25) is 47.9 Å². The van der Waals surface area contributed by atoms with E-state index in [9.17, 15) is 57.4 Å². The highest BCUT2D eigenvalue weighted by atomic mass is 32.2. The number of unbranched alkanes of at least 4 members (excludes halogenated alkanes) is 1. The van der Waals surface area contributed by atoms with Crippen molar-refractivity contribution in [3.8, 4) is 5.75 Å². The van der Waals surface area contributed by atoms with E-state index in [0.717, 1.165) is 11.1 Å². The van der Waals surface area contributed by atoms with E-state index in [-0.39, 0.29) is 61.0 Å². The van der Waals surface area contributed by atoms with Crippen molar-refractivity contribution in [1.82, 2.24) is 67.4 Å². The minimum Gasteiger partial charge on any atom is -0.508 e. The number of carboxylic acid groups (broad SMARTS) is 1. The van der Waals surface area contributed by atoms with Crippen molar-refractivity contribution in [2.24, 2.45) is 11.7 Å². The number of aromatic hydroxyl groups is 1. The van der Waals surface area contributed by atoms with Gasteiger partial charge < -0.3 is 78.3 Å². The number of aromatic nitrogens is 4. The highest BCUT2D eigenvalue weighted by Crippen LogP contribution is 2.25. The molecule has 3 aromatic heterocycles. The number of aromatic amines is 3. The van der Waals surface area contributed by atoms with Gasteiger partial charge in [-0.15, -0.1) is 0 Å². The molecule has 1 aliphatic rings. The van der Waals surface area contributed by atoms with Gasteiger partial charge in [0.15, 0.2) is 0 Å². The molecule has 522 valence electrons. The number of carbonyl (C=O) groups excluding carboxylic acids is 9. The molecule has 8 rings (SSSR count). The third-order valence-corrected chi connectivity index (χ3v) is 18.5. The molecule has 9 amide bonds. The Morgan fingerprint density at radius 3 is 1.77 bits per heavy atom. The minimum absolute atomic E-state index is 0.0525. The van der Waals surface area contributed by atoms with E-state index in [4.69, 9.17) is 5.73 Å². The second-order valence-corrected chi connectivity index (χ2v) is 26.5. The Hall–Kier alpha value is -9.81.